The number of rotatable bonds is 6. The Morgan fingerprint density at radius 3 is 2.52 bits per heavy atom. The van der Waals surface area contributed by atoms with Gasteiger partial charge in [-0.25, -0.2) is 4.39 Å². The van der Waals surface area contributed by atoms with Crippen LogP contribution < -0.4 is 10.1 Å². The van der Waals surface area contributed by atoms with E-state index in [1.165, 1.54) is 0 Å². The molecule has 0 radical (unpaired) electrons. The molecule has 0 aliphatic heterocycles. The topological polar surface area (TPSA) is 21.3 Å². The number of nitrogens with one attached hydrogen (secondary N) is 1. The predicted molar refractivity (Wildman–Crippen MR) is 84.5 cm³/mol. The molecule has 0 bridgehead atoms. The van der Waals surface area contributed by atoms with E-state index in [1.807, 2.05) is 38.1 Å². The molecule has 0 amide bonds. The number of para-hydroxylation sites is 1. The van der Waals surface area contributed by atoms with Crippen molar-refractivity contribution in [3.63, 3.8) is 0 Å². The number of ether oxygens (including phenoxy) is 1. The molecule has 2 rings (SSSR count). The Bertz CT molecular complexity index is 603. The fourth-order valence-electron chi connectivity index (χ4n) is 2.34. The lowest BCUT2D eigenvalue weighted by Gasteiger charge is -2.22. The first kappa shape index (κ1) is 15.8. The molecule has 0 heterocycles. The van der Waals surface area contributed by atoms with E-state index in [4.69, 9.17) is 16.3 Å². The molecule has 0 aromatic heterocycles. The molecule has 4 heteroatoms. The van der Waals surface area contributed by atoms with Crippen LogP contribution in [0.3, 0.4) is 0 Å². The van der Waals surface area contributed by atoms with Crippen LogP contribution >= 0.6 is 11.6 Å². The summed E-state index contributed by atoms with van der Waals surface area (Å²) in [6.07, 6.45) is 0. The Kier molecular flexibility index (Phi) is 5.59. The fraction of sp³-hybridized carbons (Fsp3) is 0.294. The highest BCUT2D eigenvalue weighted by Gasteiger charge is 2.21. The summed E-state index contributed by atoms with van der Waals surface area (Å²) in [5.41, 5.74) is 1.43. The van der Waals surface area contributed by atoms with Crippen molar-refractivity contribution < 1.29 is 9.13 Å². The summed E-state index contributed by atoms with van der Waals surface area (Å²) in [6.45, 7) is 5.18. The molecule has 0 aliphatic carbocycles. The Morgan fingerprint density at radius 1 is 1.10 bits per heavy atom. The van der Waals surface area contributed by atoms with Crippen molar-refractivity contribution in [1.82, 2.24) is 5.32 Å². The van der Waals surface area contributed by atoms with Crippen LogP contribution in [-0.2, 0) is 0 Å². The van der Waals surface area contributed by atoms with Crippen molar-refractivity contribution in [2.75, 3.05) is 13.2 Å². The van der Waals surface area contributed by atoms with Crippen molar-refractivity contribution in [2.45, 2.75) is 19.9 Å². The van der Waals surface area contributed by atoms with Crippen molar-refractivity contribution in [3.8, 4) is 5.75 Å². The number of hydrogen-bond donors (Lipinski definition) is 1. The minimum Gasteiger partial charge on any atom is -0.494 e. The third-order valence-electron chi connectivity index (χ3n) is 3.23. The van der Waals surface area contributed by atoms with Crippen LogP contribution in [-0.4, -0.2) is 13.2 Å². The highest BCUT2D eigenvalue weighted by atomic mass is 35.5. The van der Waals surface area contributed by atoms with Gasteiger partial charge in [0.15, 0.2) is 0 Å². The maximum atomic E-state index is 14.4. The molecule has 1 unspecified atom stereocenters. The molecule has 0 fully saturated rings. The molecule has 1 N–H and O–H groups in total. The molecule has 21 heavy (non-hydrogen) atoms. The van der Waals surface area contributed by atoms with E-state index in [9.17, 15) is 4.39 Å². The summed E-state index contributed by atoms with van der Waals surface area (Å²) in [6, 6.07) is 12.4. The van der Waals surface area contributed by atoms with Crippen molar-refractivity contribution >= 4 is 11.6 Å². The average molecular weight is 308 g/mol. The van der Waals surface area contributed by atoms with E-state index in [1.54, 1.807) is 18.2 Å². The second kappa shape index (κ2) is 7.43. The van der Waals surface area contributed by atoms with Crippen LogP contribution in [0.4, 0.5) is 4.39 Å². The fourth-order valence-corrected chi connectivity index (χ4v) is 2.52. The maximum Gasteiger partial charge on any atom is 0.146 e. The summed E-state index contributed by atoms with van der Waals surface area (Å²) in [7, 11) is 0. The average Bonchev–Trinajstić information content (AvgIpc) is 2.49. The highest BCUT2D eigenvalue weighted by molar-refractivity contribution is 6.30. The minimum absolute atomic E-state index is 0.129. The van der Waals surface area contributed by atoms with Gasteiger partial charge in [-0.15, -0.1) is 0 Å². The van der Waals surface area contributed by atoms with Gasteiger partial charge in [-0.1, -0.05) is 48.9 Å². The van der Waals surface area contributed by atoms with Crippen LogP contribution in [0.15, 0.2) is 42.5 Å². The van der Waals surface area contributed by atoms with Crippen LogP contribution in [0.1, 0.15) is 31.0 Å². The highest BCUT2D eigenvalue weighted by Crippen LogP contribution is 2.33. The Hall–Kier alpha value is -1.58. The SMILES string of the molecule is CCNC(c1ccccc1OCC)c1cccc(Cl)c1F. The molecule has 2 nitrogen and oxygen atoms in total. The molecule has 0 aliphatic rings. The van der Waals surface area contributed by atoms with Gasteiger partial charge in [0.25, 0.3) is 0 Å². The van der Waals surface area contributed by atoms with Gasteiger partial charge in [-0.05, 0) is 25.6 Å². The first-order valence-corrected chi connectivity index (χ1v) is 7.45. The lowest BCUT2D eigenvalue weighted by atomic mass is 9.97. The number of hydrogen-bond acceptors (Lipinski definition) is 2. The van der Waals surface area contributed by atoms with Gasteiger partial charge < -0.3 is 10.1 Å². The largest absolute Gasteiger partial charge is 0.494 e. The van der Waals surface area contributed by atoms with E-state index in [0.29, 0.717) is 18.7 Å². The van der Waals surface area contributed by atoms with E-state index in [2.05, 4.69) is 5.32 Å². The second-order valence-corrected chi connectivity index (χ2v) is 5.01. The zero-order valence-electron chi connectivity index (χ0n) is 12.2. The van der Waals surface area contributed by atoms with Crippen LogP contribution in [0.25, 0.3) is 0 Å². The predicted octanol–water partition coefficient (Wildman–Crippen LogP) is 4.58. The summed E-state index contributed by atoms with van der Waals surface area (Å²) < 4.78 is 20.0. The van der Waals surface area contributed by atoms with E-state index >= 15 is 0 Å². The van der Waals surface area contributed by atoms with Crippen LogP contribution in [0.5, 0.6) is 5.75 Å². The zero-order valence-corrected chi connectivity index (χ0v) is 13.0. The normalized spacial score (nSPS) is 12.2. The van der Waals surface area contributed by atoms with Gasteiger partial charge in [-0.2, -0.15) is 0 Å². The molecule has 1 atom stereocenters. The molecular formula is C17H19ClFNO. The lowest BCUT2D eigenvalue weighted by Crippen LogP contribution is -2.23. The molecule has 0 saturated carbocycles. The second-order valence-electron chi connectivity index (χ2n) is 4.60. The quantitative estimate of drug-likeness (QED) is 0.843. The van der Waals surface area contributed by atoms with Gasteiger partial charge in [0, 0.05) is 11.1 Å². The van der Waals surface area contributed by atoms with Gasteiger partial charge in [0.1, 0.15) is 11.6 Å². The molecule has 0 saturated heterocycles. The summed E-state index contributed by atoms with van der Waals surface area (Å²) >= 11 is 5.91. The maximum absolute atomic E-state index is 14.4. The van der Waals surface area contributed by atoms with Crippen molar-refractivity contribution in [2.24, 2.45) is 0 Å². The van der Waals surface area contributed by atoms with Gasteiger partial charge in [0.05, 0.1) is 17.7 Å². The van der Waals surface area contributed by atoms with E-state index in [-0.39, 0.29) is 11.1 Å². The van der Waals surface area contributed by atoms with Crippen LogP contribution in [0.2, 0.25) is 5.02 Å². The Balaban J connectivity index is 2.51. The monoisotopic (exact) mass is 307 g/mol. The molecule has 2 aromatic rings. The van der Waals surface area contributed by atoms with Gasteiger partial charge in [0.2, 0.25) is 0 Å². The number of benzene rings is 2. The molecule has 2 aromatic carbocycles. The van der Waals surface area contributed by atoms with E-state index < -0.39 is 5.82 Å². The standard InChI is InChI=1S/C17H19ClFNO/c1-3-20-17(13-9-7-10-14(18)16(13)19)12-8-5-6-11-15(12)21-4-2/h5-11,17,20H,3-4H2,1-2H3. The Labute approximate surface area is 129 Å². The lowest BCUT2D eigenvalue weighted by molar-refractivity contribution is 0.333. The molecular weight excluding hydrogens is 289 g/mol. The van der Waals surface area contributed by atoms with Gasteiger partial charge >= 0.3 is 0 Å². The first-order valence-electron chi connectivity index (χ1n) is 7.08. The smallest absolute Gasteiger partial charge is 0.146 e. The van der Waals surface area contributed by atoms with Crippen molar-refractivity contribution in [1.29, 1.82) is 0 Å². The van der Waals surface area contributed by atoms with Gasteiger partial charge in [-0.3, -0.25) is 0 Å². The third kappa shape index (κ3) is 3.55. The molecule has 112 valence electrons. The van der Waals surface area contributed by atoms with Crippen LogP contribution in [0, 0.1) is 5.82 Å². The summed E-state index contributed by atoms with van der Waals surface area (Å²) in [5, 5.41) is 3.43. The summed E-state index contributed by atoms with van der Waals surface area (Å²) in [5.74, 6) is 0.363. The van der Waals surface area contributed by atoms with E-state index in [0.717, 1.165) is 11.3 Å². The summed E-state index contributed by atoms with van der Waals surface area (Å²) in [4.78, 5) is 0. The zero-order chi connectivity index (χ0) is 15.2. The minimum atomic E-state index is -0.392. The molecule has 0 spiro atoms. The number of halogens is 2. The van der Waals surface area contributed by atoms with Crippen molar-refractivity contribution in [3.05, 3.63) is 64.4 Å². The first-order chi connectivity index (χ1) is 10.2. The third-order valence-corrected chi connectivity index (χ3v) is 3.52. The Morgan fingerprint density at radius 2 is 1.81 bits per heavy atom.